The zero-order chi connectivity index (χ0) is 19.2. The molecule has 0 saturated carbocycles. The van der Waals surface area contributed by atoms with Crippen molar-refractivity contribution < 1.29 is 18.4 Å². The molecule has 0 heterocycles. The van der Waals surface area contributed by atoms with Crippen molar-refractivity contribution in [3.63, 3.8) is 0 Å². The fourth-order valence-corrected chi connectivity index (χ4v) is 4.65. The van der Waals surface area contributed by atoms with E-state index in [1.807, 2.05) is 25.1 Å². The second-order valence-corrected chi connectivity index (χ2v) is 8.68. The van der Waals surface area contributed by atoms with Crippen LogP contribution in [0.1, 0.15) is 35.3 Å². The van der Waals surface area contributed by atoms with E-state index < -0.39 is 7.60 Å². The number of anilines is 1. The van der Waals surface area contributed by atoms with Gasteiger partial charge in [0.1, 0.15) is 0 Å². The first-order valence-electron chi connectivity index (χ1n) is 8.41. The minimum Gasteiger partial charge on any atom is -0.322 e. The van der Waals surface area contributed by atoms with Gasteiger partial charge < -0.3 is 14.4 Å². The first-order chi connectivity index (χ1) is 12.4. The summed E-state index contributed by atoms with van der Waals surface area (Å²) in [7, 11) is -3.15. The van der Waals surface area contributed by atoms with Crippen LogP contribution in [-0.4, -0.2) is 19.1 Å². The summed E-state index contributed by atoms with van der Waals surface area (Å²) in [6, 6.07) is 12.6. The number of hydrogen-bond acceptors (Lipinski definition) is 4. The fourth-order valence-electron chi connectivity index (χ4n) is 2.47. The number of benzene rings is 2. The van der Waals surface area contributed by atoms with Crippen molar-refractivity contribution in [2.45, 2.75) is 26.9 Å². The zero-order valence-corrected chi connectivity index (χ0v) is 17.6. The van der Waals surface area contributed by atoms with Gasteiger partial charge in [-0.3, -0.25) is 9.36 Å². The molecular weight excluding hydrogens is 417 g/mol. The summed E-state index contributed by atoms with van der Waals surface area (Å²) in [5, 5.41) is 2.90. The Morgan fingerprint density at radius 1 is 1.08 bits per heavy atom. The number of amides is 1. The molecule has 0 aliphatic carbocycles. The number of aryl methyl sites for hydroxylation is 1. The van der Waals surface area contributed by atoms with Crippen LogP contribution in [-0.2, 0) is 19.8 Å². The zero-order valence-electron chi connectivity index (χ0n) is 15.1. The number of carbonyl (C=O) groups is 1. The van der Waals surface area contributed by atoms with Gasteiger partial charge in [0.25, 0.3) is 5.91 Å². The van der Waals surface area contributed by atoms with Gasteiger partial charge in [-0.1, -0.05) is 28.1 Å². The Morgan fingerprint density at radius 2 is 1.69 bits per heavy atom. The smallest absolute Gasteiger partial charge is 0.322 e. The van der Waals surface area contributed by atoms with E-state index in [-0.39, 0.29) is 12.1 Å². The normalized spacial score (nSPS) is 11.4. The van der Waals surface area contributed by atoms with Gasteiger partial charge in [0.05, 0.1) is 19.4 Å². The Labute approximate surface area is 162 Å². The molecule has 0 fully saturated rings. The Hall–Kier alpha value is -1.46. The first-order valence-corrected chi connectivity index (χ1v) is 10.9. The van der Waals surface area contributed by atoms with E-state index in [0.717, 1.165) is 21.3 Å². The van der Waals surface area contributed by atoms with Gasteiger partial charge in [0.2, 0.25) is 0 Å². The highest BCUT2D eigenvalue weighted by molar-refractivity contribution is 9.10. The molecule has 0 atom stereocenters. The maximum absolute atomic E-state index is 12.6. The molecule has 1 N–H and O–H groups in total. The van der Waals surface area contributed by atoms with Crippen LogP contribution in [0.2, 0.25) is 0 Å². The van der Waals surface area contributed by atoms with Crippen molar-refractivity contribution in [1.82, 2.24) is 0 Å². The first kappa shape index (κ1) is 20.8. The van der Waals surface area contributed by atoms with Gasteiger partial charge in [-0.05, 0) is 62.2 Å². The minimum absolute atomic E-state index is 0.183. The van der Waals surface area contributed by atoms with Crippen molar-refractivity contribution in [1.29, 1.82) is 0 Å². The molecule has 0 aromatic heterocycles. The van der Waals surface area contributed by atoms with E-state index in [1.165, 1.54) is 0 Å². The van der Waals surface area contributed by atoms with Crippen molar-refractivity contribution >= 4 is 35.1 Å². The second-order valence-electron chi connectivity index (χ2n) is 5.71. The average Bonchev–Trinajstić information content (AvgIpc) is 2.58. The number of halogens is 1. The molecule has 0 bridgehead atoms. The molecule has 0 radical (unpaired) electrons. The van der Waals surface area contributed by atoms with Crippen LogP contribution in [0.15, 0.2) is 46.9 Å². The summed E-state index contributed by atoms with van der Waals surface area (Å²) >= 11 is 3.41. The van der Waals surface area contributed by atoms with E-state index in [4.69, 9.17) is 9.05 Å². The van der Waals surface area contributed by atoms with Crippen molar-refractivity contribution in [3.8, 4) is 0 Å². The molecule has 0 spiro atoms. The van der Waals surface area contributed by atoms with Gasteiger partial charge >= 0.3 is 7.60 Å². The van der Waals surface area contributed by atoms with Crippen molar-refractivity contribution in [3.05, 3.63) is 63.6 Å². The number of hydrogen-bond donors (Lipinski definition) is 1. The lowest BCUT2D eigenvalue weighted by Crippen LogP contribution is -2.12. The van der Waals surface area contributed by atoms with E-state index in [9.17, 15) is 9.36 Å². The summed E-state index contributed by atoms with van der Waals surface area (Å²) in [6.45, 7) is 6.14. The lowest BCUT2D eigenvalue weighted by molar-refractivity contribution is 0.102. The molecule has 0 aliphatic rings. The summed E-state index contributed by atoms with van der Waals surface area (Å²) in [5.74, 6) is -0.195. The molecule has 26 heavy (non-hydrogen) atoms. The standard InChI is InChI=1S/C19H23BrNO4P/c1-4-24-26(23,25-5-2)13-15-6-8-16(9-7-15)19(22)21-18-11-10-17(20)12-14(18)3/h6-12H,4-5,13H2,1-3H3,(H,21,22). The van der Waals surface area contributed by atoms with Gasteiger partial charge in [-0.2, -0.15) is 0 Å². The molecular formula is C19H23BrNO4P. The third kappa shape index (κ3) is 5.78. The van der Waals surface area contributed by atoms with Gasteiger partial charge in [-0.25, -0.2) is 0 Å². The molecule has 2 aromatic carbocycles. The molecule has 7 heteroatoms. The van der Waals surface area contributed by atoms with Gasteiger partial charge in [0, 0.05) is 15.7 Å². The Balaban J connectivity index is 2.08. The molecule has 0 unspecified atom stereocenters. The summed E-state index contributed by atoms with van der Waals surface area (Å²) in [4.78, 5) is 12.4. The molecule has 0 aliphatic heterocycles. The highest BCUT2D eigenvalue weighted by atomic mass is 79.9. The maximum Gasteiger partial charge on any atom is 0.335 e. The molecule has 1 amide bonds. The van der Waals surface area contributed by atoms with Crippen molar-refractivity contribution in [2.75, 3.05) is 18.5 Å². The van der Waals surface area contributed by atoms with E-state index in [2.05, 4.69) is 21.2 Å². The third-order valence-electron chi connectivity index (χ3n) is 3.68. The molecule has 0 saturated heterocycles. The Kier molecular flexibility index (Phi) is 7.59. The predicted molar refractivity (Wildman–Crippen MR) is 108 cm³/mol. The molecule has 140 valence electrons. The average molecular weight is 440 g/mol. The van der Waals surface area contributed by atoms with Crippen LogP contribution in [0, 0.1) is 6.92 Å². The lowest BCUT2D eigenvalue weighted by atomic mass is 10.1. The summed E-state index contributed by atoms with van der Waals surface area (Å²) < 4.78 is 24.2. The highest BCUT2D eigenvalue weighted by Crippen LogP contribution is 2.51. The van der Waals surface area contributed by atoms with Crippen LogP contribution in [0.5, 0.6) is 0 Å². The monoisotopic (exact) mass is 439 g/mol. The van der Waals surface area contributed by atoms with Gasteiger partial charge in [0.15, 0.2) is 0 Å². The van der Waals surface area contributed by atoms with Crippen LogP contribution < -0.4 is 5.32 Å². The largest absolute Gasteiger partial charge is 0.335 e. The van der Waals surface area contributed by atoms with Crippen molar-refractivity contribution in [2.24, 2.45) is 0 Å². The molecule has 5 nitrogen and oxygen atoms in total. The van der Waals surface area contributed by atoms with E-state index >= 15 is 0 Å². The minimum atomic E-state index is -3.15. The SMILES string of the molecule is CCOP(=O)(Cc1ccc(C(=O)Nc2ccc(Br)cc2C)cc1)OCC. The number of carbonyl (C=O) groups excluding carboxylic acids is 1. The fraction of sp³-hybridized carbons (Fsp3) is 0.316. The Bertz CT molecular complexity index is 798. The second kappa shape index (κ2) is 9.47. The molecule has 2 aromatic rings. The quantitative estimate of drug-likeness (QED) is 0.529. The van der Waals surface area contributed by atoms with Crippen LogP contribution in [0.4, 0.5) is 5.69 Å². The van der Waals surface area contributed by atoms with Crippen LogP contribution in [0.3, 0.4) is 0 Å². The maximum atomic E-state index is 12.6. The van der Waals surface area contributed by atoms with Crippen LogP contribution in [0.25, 0.3) is 0 Å². The Morgan fingerprint density at radius 3 is 2.23 bits per heavy atom. The lowest BCUT2D eigenvalue weighted by Gasteiger charge is -2.17. The van der Waals surface area contributed by atoms with Gasteiger partial charge in [-0.15, -0.1) is 0 Å². The topological polar surface area (TPSA) is 64.6 Å². The number of rotatable bonds is 8. The highest BCUT2D eigenvalue weighted by Gasteiger charge is 2.24. The van der Waals surface area contributed by atoms with E-state index in [0.29, 0.717) is 18.8 Å². The molecule has 2 rings (SSSR count). The summed E-state index contributed by atoms with van der Waals surface area (Å²) in [6.07, 6.45) is 0.183. The third-order valence-corrected chi connectivity index (χ3v) is 6.23. The predicted octanol–water partition coefficient (Wildman–Crippen LogP) is 5.78. The summed E-state index contributed by atoms with van der Waals surface area (Å²) in [5.41, 5.74) is 3.06. The number of nitrogens with one attached hydrogen (secondary N) is 1. The van der Waals surface area contributed by atoms with E-state index in [1.54, 1.807) is 38.1 Å². The van der Waals surface area contributed by atoms with Crippen LogP contribution >= 0.6 is 23.5 Å².